The third-order valence-electron chi connectivity index (χ3n) is 3.82. The largest absolute Gasteiger partial charge is 0.416 e. The average Bonchev–Trinajstić information content (AvgIpc) is 2.90. The lowest BCUT2D eigenvalue weighted by atomic mass is 10.1. The van der Waals surface area contributed by atoms with Gasteiger partial charge in [0.25, 0.3) is 11.1 Å². The standard InChI is InChI=1S/C19H12F3IN2O3S/c20-19(21,22)12-3-1-2-11(8-12)9-15-17(27)25(18(28)29-15)10-16(26)24-14-6-4-13(23)5-7-14/h1-9H,10H2,(H,24,26)/b15-9+. The second kappa shape index (κ2) is 8.57. The lowest BCUT2D eigenvalue weighted by Crippen LogP contribution is -2.36. The van der Waals surface area contributed by atoms with Gasteiger partial charge in [-0.25, -0.2) is 0 Å². The van der Waals surface area contributed by atoms with Crippen molar-refractivity contribution in [2.24, 2.45) is 0 Å². The number of anilines is 1. The van der Waals surface area contributed by atoms with Crippen molar-refractivity contribution in [1.29, 1.82) is 0 Å². The molecule has 0 aromatic heterocycles. The lowest BCUT2D eigenvalue weighted by Gasteiger charge is -2.12. The highest BCUT2D eigenvalue weighted by Crippen LogP contribution is 2.34. The third kappa shape index (κ3) is 5.38. The van der Waals surface area contributed by atoms with Crippen molar-refractivity contribution in [1.82, 2.24) is 4.90 Å². The predicted molar refractivity (Wildman–Crippen MR) is 112 cm³/mol. The van der Waals surface area contributed by atoms with Crippen molar-refractivity contribution in [3.63, 3.8) is 0 Å². The predicted octanol–water partition coefficient (Wildman–Crippen LogP) is 4.99. The third-order valence-corrected chi connectivity index (χ3v) is 5.44. The Morgan fingerprint density at radius 2 is 1.83 bits per heavy atom. The van der Waals surface area contributed by atoms with Gasteiger partial charge in [0.1, 0.15) is 6.54 Å². The Hall–Kier alpha value is -2.34. The highest BCUT2D eigenvalue weighted by atomic mass is 127. The lowest BCUT2D eigenvalue weighted by molar-refractivity contribution is -0.137. The molecule has 10 heteroatoms. The Bertz CT molecular complexity index is 1010. The minimum Gasteiger partial charge on any atom is -0.325 e. The molecule has 5 nitrogen and oxygen atoms in total. The number of thioether (sulfide) groups is 1. The fourth-order valence-electron chi connectivity index (χ4n) is 2.47. The number of nitrogens with zero attached hydrogens (tertiary/aromatic N) is 1. The average molecular weight is 532 g/mol. The molecule has 0 radical (unpaired) electrons. The molecule has 3 amide bonds. The minimum atomic E-state index is -4.52. The summed E-state index contributed by atoms with van der Waals surface area (Å²) in [6.07, 6.45) is -3.31. The summed E-state index contributed by atoms with van der Waals surface area (Å²) in [6.45, 7) is -0.490. The zero-order valence-corrected chi connectivity index (χ0v) is 17.5. The van der Waals surface area contributed by atoms with Crippen molar-refractivity contribution in [2.45, 2.75) is 6.18 Å². The van der Waals surface area contributed by atoms with E-state index in [9.17, 15) is 27.6 Å². The molecule has 29 heavy (non-hydrogen) atoms. The molecule has 1 saturated heterocycles. The van der Waals surface area contributed by atoms with E-state index in [1.165, 1.54) is 18.2 Å². The number of benzene rings is 2. The fourth-order valence-corrected chi connectivity index (χ4v) is 3.67. The molecular weight excluding hydrogens is 520 g/mol. The first-order valence-corrected chi connectivity index (χ1v) is 10.0. The maximum absolute atomic E-state index is 12.8. The molecule has 0 unspecified atom stereocenters. The number of nitrogens with one attached hydrogen (secondary N) is 1. The number of alkyl halides is 3. The summed E-state index contributed by atoms with van der Waals surface area (Å²) in [7, 11) is 0. The molecule has 0 atom stereocenters. The van der Waals surface area contributed by atoms with Gasteiger partial charge in [0.2, 0.25) is 5.91 Å². The van der Waals surface area contributed by atoms with Crippen LogP contribution in [-0.4, -0.2) is 28.5 Å². The molecule has 1 heterocycles. The van der Waals surface area contributed by atoms with Crippen LogP contribution in [0.25, 0.3) is 6.08 Å². The number of hydrogen-bond acceptors (Lipinski definition) is 4. The van der Waals surface area contributed by atoms with Crippen LogP contribution in [0.2, 0.25) is 0 Å². The van der Waals surface area contributed by atoms with E-state index in [0.717, 1.165) is 20.6 Å². The number of rotatable bonds is 4. The van der Waals surface area contributed by atoms with E-state index in [-0.39, 0.29) is 10.5 Å². The maximum atomic E-state index is 12.8. The van der Waals surface area contributed by atoms with Gasteiger partial charge in [0.05, 0.1) is 10.5 Å². The SMILES string of the molecule is O=C(CN1C(=O)S/C(=C/c2cccc(C(F)(F)F)c2)C1=O)Nc1ccc(I)cc1. The van der Waals surface area contributed by atoms with Gasteiger partial charge in [-0.3, -0.25) is 19.3 Å². The van der Waals surface area contributed by atoms with Gasteiger partial charge < -0.3 is 5.32 Å². The van der Waals surface area contributed by atoms with E-state index in [1.54, 1.807) is 24.3 Å². The summed E-state index contributed by atoms with van der Waals surface area (Å²) in [6, 6.07) is 11.3. The molecular formula is C19H12F3IN2O3S. The molecule has 1 N–H and O–H groups in total. The number of imide groups is 1. The van der Waals surface area contributed by atoms with E-state index in [4.69, 9.17) is 0 Å². The monoisotopic (exact) mass is 532 g/mol. The van der Waals surface area contributed by atoms with Gasteiger partial charge in [-0.15, -0.1) is 0 Å². The molecule has 0 aliphatic carbocycles. The van der Waals surface area contributed by atoms with Crippen LogP contribution in [-0.2, 0) is 15.8 Å². The maximum Gasteiger partial charge on any atom is 0.416 e. The molecule has 150 valence electrons. The molecule has 2 aromatic rings. The Kier molecular flexibility index (Phi) is 6.32. The summed E-state index contributed by atoms with van der Waals surface area (Å²) >= 11 is 2.69. The Balaban J connectivity index is 1.71. The molecule has 1 aliphatic rings. The number of halogens is 4. The van der Waals surface area contributed by atoms with Crippen LogP contribution in [0.1, 0.15) is 11.1 Å². The van der Waals surface area contributed by atoms with E-state index < -0.39 is 35.3 Å². The zero-order chi connectivity index (χ0) is 21.2. The summed E-state index contributed by atoms with van der Waals surface area (Å²) in [4.78, 5) is 37.4. The van der Waals surface area contributed by atoms with Gasteiger partial charge >= 0.3 is 6.18 Å². The topological polar surface area (TPSA) is 66.5 Å². The van der Waals surface area contributed by atoms with E-state index >= 15 is 0 Å². The van der Waals surface area contributed by atoms with Crippen LogP contribution in [0.4, 0.5) is 23.7 Å². The molecule has 2 aromatic carbocycles. The van der Waals surface area contributed by atoms with Crippen molar-refractivity contribution in [3.05, 3.63) is 68.1 Å². The van der Waals surface area contributed by atoms with E-state index in [1.807, 2.05) is 0 Å². The van der Waals surface area contributed by atoms with Crippen LogP contribution in [0, 0.1) is 3.57 Å². The summed E-state index contributed by atoms with van der Waals surface area (Å²) in [5.74, 6) is -1.29. The molecule has 0 spiro atoms. The number of amides is 3. The molecule has 3 rings (SSSR count). The second-order valence-corrected chi connectivity index (χ2v) is 8.18. The quantitative estimate of drug-likeness (QED) is 0.446. The van der Waals surface area contributed by atoms with Gasteiger partial charge in [-0.1, -0.05) is 12.1 Å². The first kappa shape index (κ1) is 21.4. The van der Waals surface area contributed by atoms with Gasteiger partial charge in [-0.05, 0) is 82.4 Å². The number of carbonyl (C=O) groups excluding carboxylic acids is 3. The molecule has 1 aliphatic heterocycles. The number of carbonyl (C=O) groups is 3. The Morgan fingerprint density at radius 3 is 2.48 bits per heavy atom. The highest BCUT2D eigenvalue weighted by Gasteiger charge is 2.36. The Morgan fingerprint density at radius 1 is 1.14 bits per heavy atom. The first-order chi connectivity index (χ1) is 13.6. The van der Waals surface area contributed by atoms with Crippen LogP contribution in [0.15, 0.2) is 53.4 Å². The fraction of sp³-hybridized carbons (Fsp3) is 0.105. The zero-order valence-electron chi connectivity index (χ0n) is 14.5. The minimum absolute atomic E-state index is 0.0450. The second-order valence-electron chi connectivity index (χ2n) is 5.95. The van der Waals surface area contributed by atoms with Crippen LogP contribution < -0.4 is 5.32 Å². The molecule has 1 fully saturated rings. The van der Waals surface area contributed by atoms with Crippen molar-refractivity contribution >= 4 is 63.2 Å². The summed E-state index contributed by atoms with van der Waals surface area (Å²) < 4.78 is 39.5. The summed E-state index contributed by atoms with van der Waals surface area (Å²) in [5, 5.41) is 1.92. The first-order valence-electron chi connectivity index (χ1n) is 8.11. The van der Waals surface area contributed by atoms with Gasteiger partial charge in [0.15, 0.2) is 0 Å². The van der Waals surface area contributed by atoms with Gasteiger partial charge in [-0.2, -0.15) is 13.2 Å². The van der Waals surface area contributed by atoms with Crippen LogP contribution >= 0.6 is 34.4 Å². The van der Waals surface area contributed by atoms with E-state index in [0.29, 0.717) is 17.4 Å². The van der Waals surface area contributed by atoms with E-state index in [2.05, 4.69) is 27.9 Å². The van der Waals surface area contributed by atoms with Crippen LogP contribution in [0.5, 0.6) is 0 Å². The highest BCUT2D eigenvalue weighted by molar-refractivity contribution is 14.1. The van der Waals surface area contributed by atoms with Crippen molar-refractivity contribution in [3.8, 4) is 0 Å². The number of hydrogen-bond donors (Lipinski definition) is 1. The Labute approximate surface area is 181 Å². The molecule has 0 saturated carbocycles. The van der Waals surface area contributed by atoms with Gasteiger partial charge in [0, 0.05) is 9.26 Å². The summed E-state index contributed by atoms with van der Waals surface area (Å²) in [5.41, 5.74) is -0.210. The molecule has 0 bridgehead atoms. The van der Waals surface area contributed by atoms with Crippen LogP contribution in [0.3, 0.4) is 0 Å². The van der Waals surface area contributed by atoms with Crippen molar-refractivity contribution in [2.75, 3.05) is 11.9 Å². The smallest absolute Gasteiger partial charge is 0.325 e. The van der Waals surface area contributed by atoms with Crippen molar-refractivity contribution < 1.29 is 27.6 Å². The normalized spacial score (nSPS) is 15.9.